The van der Waals surface area contributed by atoms with Crippen molar-refractivity contribution in [2.24, 2.45) is 11.7 Å². The second-order valence-electron chi connectivity index (χ2n) is 5.90. The zero-order chi connectivity index (χ0) is 15.1. The molecule has 0 aliphatic carbocycles. The van der Waals surface area contributed by atoms with Crippen LogP contribution >= 0.6 is 0 Å². The summed E-state index contributed by atoms with van der Waals surface area (Å²) in [5.74, 6) is 0.390. The van der Waals surface area contributed by atoms with E-state index >= 15 is 0 Å². The molecule has 1 aliphatic rings. The van der Waals surface area contributed by atoms with E-state index in [9.17, 15) is 9.59 Å². The first-order valence-corrected chi connectivity index (χ1v) is 7.40. The van der Waals surface area contributed by atoms with Gasteiger partial charge in [-0.25, -0.2) is 0 Å². The molecular formula is C14H28N4O2. The Balaban J connectivity index is 2.25. The van der Waals surface area contributed by atoms with E-state index in [1.165, 1.54) is 0 Å². The van der Waals surface area contributed by atoms with Crippen molar-refractivity contribution < 1.29 is 9.59 Å². The summed E-state index contributed by atoms with van der Waals surface area (Å²) >= 11 is 0. The summed E-state index contributed by atoms with van der Waals surface area (Å²) in [7, 11) is 1.65. The van der Waals surface area contributed by atoms with Gasteiger partial charge in [0, 0.05) is 38.6 Å². The average molecular weight is 284 g/mol. The standard InChI is InChI=1S/C14H28N4O2/c1-10(2)12(15)8-13(19)17-11-4-6-18(7-5-11)9-14(20)16-3/h10-12H,4-9,15H2,1-3H3,(H,16,20)(H,17,19). The normalized spacial score (nSPS) is 18.9. The minimum absolute atomic E-state index is 0.0374. The number of likely N-dealkylation sites (N-methyl/N-ethyl adjacent to an activating group) is 1. The number of nitrogens with zero attached hydrogens (tertiary/aromatic N) is 1. The van der Waals surface area contributed by atoms with E-state index in [0.29, 0.717) is 18.9 Å². The van der Waals surface area contributed by atoms with Crippen LogP contribution in [0.3, 0.4) is 0 Å². The molecule has 1 saturated heterocycles. The van der Waals surface area contributed by atoms with Crippen LogP contribution in [0.15, 0.2) is 0 Å². The third-order valence-electron chi connectivity index (χ3n) is 3.88. The molecule has 116 valence electrons. The van der Waals surface area contributed by atoms with Crippen LogP contribution in [0.2, 0.25) is 0 Å². The highest BCUT2D eigenvalue weighted by Gasteiger charge is 2.22. The number of hydrogen-bond donors (Lipinski definition) is 3. The monoisotopic (exact) mass is 284 g/mol. The van der Waals surface area contributed by atoms with E-state index in [-0.39, 0.29) is 23.9 Å². The fraction of sp³-hybridized carbons (Fsp3) is 0.857. The number of nitrogens with two attached hydrogens (primary N) is 1. The van der Waals surface area contributed by atoms with Crippen molar-refractivity contribution in [3.8, 4) is 0 Å². The van der Waals surface area contributed by atoms with Crippen molar-refractivity contribution >= 4 is 11.8 Å². The molecule has 0 aromatic rings. The Labute approximate surface area is 121 Å². The van der Waals surface area contributed by atoms with Gasteiger partial charge >= 0.3 is 0 Å². The van der Waals surface area contributed by atoms with Gasteiger partial charge in [0.05, 0.1) is 6.54 Å². The quantitative estimate of drug-likeness (QED) is 0.624. The molecule has 6 heteroatoms. The Bertz CT molecular complexity index is 325. The third-order valence-corrected chi connectivity index (χ3v) is 3.88. The molecule has 0 radical (unpaired) electrons. The molecule has 1 unspecified atom stereocenters. The number of carbonyl (C=O) groups is 2. The van der Waals surface area contributed by atoms with Crippen LogP contribution in [0.25, 0.3) is 0 Å². The molecule has 0 aromatic heterocycles. The lowest BCUT2D eigenvalue weighted by atomic mass is 10.0. The van der Waals surface area contributed by atoms with Crippen LogP contribution < -0.4 is 16.4 Å². The first kappa shape index (κ1) is 16.9. The molecular weight excluding hydrogens is 256 g/mol. The van der Waals surface area contributed by atoms with E-state index in [1.54, 1.807) is 7.05 Å². The van der Waals surface area contributed by atoms with Crippen molar-refractivity contribution in [1.29, 1.82) is 0 Å². The summed E-state index contributed by atoms with van der Waals surface area (Å²) < 4.78 is 0. The highest BCUT2D eigenvalue weighted by Crippen LogP contribution is 2.11. The van der Waals surface area contributed by atoms with E-state index < -0.39 is 0 Å². The molecule has 0 aromatic carbocycles. The van der Waals surface area contributed by atoms with Gasteiger partial charge in [-0.1, -0.05) is 13.8 Å². The summed E-state index contributed by atoms with van der Waals surface area (Å²) in [6.45, 7) is 6.17. The average Bonchev–Trinajstić information content (AvgIpc) is 2.40. The molecule has 2 amide bonds. The third kappa shape index (κ3) is 5.88. The van der Waals surface area contributed by atoms with Gasteiger partial charge in [-0.3, -0.25) is 14.5 Å². The maximum Gasteiger partial charge on any atom is 0.233 e. The maximum atomic E-state index is 11.9. The molecule has 0 bridgehead atoms. The highest BCUT2D eigenvalue weighted by atomic mass is 16.2. The number of rotatable bonds is 6. The predicted octanol–water partition coefficient (Wildman–Crippen LogP) is -0.314. The zero-order valence-electron chi connectivity index (χ0n) is 12.8. The minimum Gasteiger partial charge on any atom is -0.358 e. The summed E-state index contributed by atoms with van der Waals surface area (Å²) in [6, 6.07) is 0.131. The Morgan fingerprint density at radius 1 is 1.25 bits per heavy atom. The molecule has 4 N–H and O–H groups in total. The topological polar surface area (TPSA) is 87.5 Å². The highest BCUT2D eigenvalue weighted by molar-refractivity contribution is 5.78. The van der Waals surface area contributed by atoms with E-state index in [4.69, 9.17) is 5.73 Å². The van der Waals surface area contributed by atoms with E-state index in [0.717, 1.165) is 25.9 Å². The van der Waals surface area contributed by atoms with Crippen molar-refractivity contribution in [3.63, 3.8) is 0 Å². The predicted molar refractivity (Wildman–Crippen MR) is 79.1 cm³/mol. The lowest BCUT2D eigenvalue weighted by Crippen LogP contribution is -2.48. The van der Waals surface area contributed by atoms with Gasteiger partial charge in [-0.15, -0.1) is 0 Å². The molecule has 0 spiro atoms. The molecule has 20 heavy (non-hydrogen) atoms. The number of likely N-dealkylation sites (tertiary alicyclic amines) is 1. The van der Waals surface area contributed by atoms with Gasteiger partial charge in [0.25, 0.3) is 0 Å². The first-order valence-electron chi connectivity index (χ1n) is 7.40. The fourth-order valence-corrected chi connectivity index (χ4v) is 2.25. The summed E-state index contributed by atoms with van der Waals surface area (Å²) in [5, 5.41) is 5.67. The van der Waals surface area contributed by atoms with Gasteiger partial charge in [-0.2, -0.15) is 0 Å². The second kappa shape index (κ2) is 8.21. The molecule has 1 fully saturated rings. The van der Waals surface area contributed by atoms with Crippen molar-refractivity contribution in [1.82, 2.24) is 15.5 Å². The largest absolute Gasteiger partial charge is 0.358 e. The molecule has 1 atom stereocenters. The Kier molecular flexibility index (Phi) is 6.95. The van der Waals surface area contributed by atoms with Gasteiger partial charge in [0.15, 0.2) is 0 Å². The van der Waals surface area contributed by atoms with Gasteiger partial charge < -0.3 is 16.4 Å². The summed E-state index contributed by atoms with van der Waals surface area (Å²) in [4.78, 5) is 25.3. The van der Waals surface area contributed by atoms with Crippen LogP contribution in [0, 0.1) is 5.92 Å². The molecule has 0 saturated carbocycles. The Morgan fingerprint density at radius 3 is 2.35 bits per heavy atom. The van der Waals surface area contributed by atoms with Gasteiger partial charge in [0.2, 0.25) is 11.8 Å². The molecule has 1 rings (SSSR count). The number of hydrogen-bond acceptors (Lipinski definition) is 4. The number of nitrogens with one attached hydrogen (secondary N) is 2. The van der Waals surface area contributed by atoms with Crippen LogP contribution in [0.1, 0.15) is 33.1 Å². The van der Waals surface area contributed by atoms with Crippen molar-refractivity contribution in [3.05, 3.63) is 0 Å². The second-order valence-corrected chi connectivity index (χ2v) is 5.90. The smallest absolute Gasteiger partial charge is 0.233 e. The van der Waals surface area contributed by atoms with Crippen LogP contribution in [-0.4, -0.2) is 55.5 Å². The SMILES string of the molecule is CNC(=O)CN1CCC(NC(=O)CC(N)C(C)C)CC1. The zero-order valence-corrected chi connectivity index (χ0v) is 12.8. The Morgan fingerprint density at radius 2 is 1.85 bits per heavy atom. The lowest BCUT2D eigenvalue weighted by molar-refractivity contribution is -0.124. The lowest BCUT2D eigenvalue weighted by Gasteiger charge is -2.32. The van der Waals surface area contributed by atoms with E-state index in [1.807, 2.05) is 13.8 Å². The summed E-state index contributed by atoms with van der Waals surface area (Å²) in [5.41, 5.74) is 5.90. The minimum atomic E-state index is -0.0802. The molecule has 1 heterocycles. The summed E-state index contributed by atoms with van der Waals surface area (Å²) in [6.07, 6.45) is 2.16. The van der Waals surface area contributed by atoms with Crippen LogP contribution in [0.5, 0.6) is 0 Å². The van der Waals surface area contributed by atoms with Gasteiger partial charge in [0.1, 0.15) is 0 Å². The molecule has 6 nitrogen and oxygen atoms in total. The van der Waals surface area contributed by atoms with Crippen LogP contribution in [0.4, 0.5) is 0 Å². The molecule has 1 aliphatic heterocycles. The van der Waals surface area contributed by atoms with Crippen LogP contribution in [-0.2, 0) is 9.59 Å². The Hall–Kier alpha value is -1.14. The van der Waals surface area contributed by atoms with E-state index in [2.05, 4.69) is 15.5 Å². The fourth-order valence-electron chi connectivity index (χ4n) is 2.25. The number of amides is 2. The van der Waals surface area contributed by atoms with Crippen molar-refractivity contribution in [2.75, 3.05) is 26.7 Å². The van der Waals surface area contributed by atoms with Crippen molar-refractivity contribution in [2.45, 2.75) is 45.2 Å². The maximum absolute atomic E-state index is 11.9. The first-order chi connectivity index (χ1) is 9.42. The van der Waals surface area contributed by atoms with Gasteiger partial charge in [-0.05, 0) is 18.8 Å². The number of carbonyl (C=O) groups excluding carboxylic acids is 2. The number of piperidine rings is 1.